The molecule has 0 aliphatic carbocycles. The fourth-order valence-electron chi connectivity index (χ4n) is 1.37. The second-order valence-corrected chi connectivity index (χ2v) is 4.32. The Hall–Kier alpha value is -1.56. The average molecular weight is 315 g/mol. The summed E-state index contributed by atoms with van der Waals surface area (Å²) in [4.78, 5) is 7.52. The minimum absolute atomic E-state index is 0.172. The molecule has 0 unspecified atom stereocenters. The second-order valence-electron chi connectivity index (χ2n) is 3.47. The zero-order chi connectivity index (χ0) is 13.1. The molecule has 2 rings (SSSR count). The lowest BCUT2D eigenvalue weighted by atomic mass is 10.3. The van der Waals surface area contributed by atoms with Crippen molar-refractivity contribution in [3.05, 3.63) is 46.3 Å². The van der Waals surface area contributed by atoms with Crippen LogP contribution in [0.25, 0.3) is 0 Å². The number of nitrogens with zero attached hydrogens (tertiary/aromatic N) is 2. The van der Waals surface area contributed by atoms with Crippen LogP contribution in [-0.4, -0.2) is 9.97 Å². The number of ether oxygens (including phenoxy) is 1. The summed E-state index contributed by atoms with van der Waals surface area (Å²) in [6.45, 7) is 1.78. The summed E-state index contributed by atoms with van der Waals surface area (Å²) in [5, 5.41) is 0. The lowest BCUT2D eigenvalue weighted by Crippen LogP contribution is -1.99. The molecule has 3 nitrogen and oxygen atoms in total. The lowest BCUT2D eigenvalue weighted by Gasteiger charge is -2.08. The van der Waals surface area contributed by atoms with Crippen molar-refractivity contribution in [3.63, 3.8) is 0 Å². The Balaban J connectivity index is 2.34. The fraction of sp³-hybridized carbons (Fsp3) is 0.167. The molecule has 1 heterocycles. The highest BCUT2D eigenvalue weighted by Crippen LogP contribution is 2.30. The largest absolute Gasteiger partial charge is 0.435 e. The summed E-state index contributed by atoms with van der Waals surface area (Å²) in [6.07, 6.45) is 1.67. The minimum Gasteiger partial charge on any atom is -0.435 e. The van der Waals surface area contributed by atoms with Gasteiger partial charge in [-0.3, -0.25) is 0 Å². The SMILES string of the molecule is CCc1ncnc(Oc2ccc(F)cc2Br)c1F. The van der Waals surface area contributed by atoms with Gasteiger partial charge in [0.25, 0.3) is 5.88 Å². The van der Waals surface area contributed by atoms with Gasteiger partial charge in [0.1, 0.15) is 17.9 Å². The van der Waals surface area contributed by atoms with Crippen molar-refractivity contribution in [3.8, 4) is 11.6 Å². The van der Waals surface area contributed by atoms with Gasteiger partial charge in [-0.25, -0.2) is 9.37 Å². The molecule has 1 aromatic carbocycles. The normalized spacial score (nSPS) is 10.4. The van der Waals surface area contributed by atoms with Gasteiger partial charge < -0.3 is 4.74 Å². The maximum atomic E-state index is 13.8. The molecule has 0 atom stereocenters. The van der Waals surface area contributed by atoms with Crippen LogP contribution in [-0.2, 0) is 6.42 Å². The number of rotatable bonds is 3. The molecule has 1 aromatic heterocycles. The molecule has 2 aromatic rings. The number of halogens is 3. The Kier molecular flexibility index (Phi) is 3.86. The number of aryl methyl sites for hydroxylation is 1. The first-order chi connectivity index (χ1) is 8.61. The molecule has 0 bridgehead atoms. The van der Waals surface area contributed by atoms with E-state index < -0.39 is 11.6 Å². The van der Waals surface area contributed by atoms with Crippen LogP contribution in [0.2, 0.25) is 0 Å². The van der Waals surface area contributed by atoms with Crippen LogP contribution >= 0.6 is 15.9 Å². The van der Waals surface area contributed by atoms with Crippen LogP contribution < -0.4 is 4.74 Å². The molecule has 0 aliphatic heterocycles. The molecular weight excluding hydrogens is 306 g/mol. The highest BCUT2D eigenvalue weighted by molar-refractivity contribution is 9.10. The van der Waals surface area contributed by atoms with E-state index in [1.54, 1.807) is 6.92 Å². The van der Waals surface area contributed by atoms with Crippen LogP contribution in [0.5, 0.6) is 11.6 Å². The van der Waals surface area contributed by atoms with E-state index in [-0.39, 0.29) is 17.3 Å². The molecule has 0 amide bonds. The van der Waals surface area contributed by atoms with Gasteiger partial charge in [0.15, 0.2) is 0 Å². The van der Waals surface area contributed by atoms with Crippen molar-refractivity contribution < 1.29 is 13.5 Å². The zero-order valence-electron chi connectivity index (χ0n) is 9.45. The smallest absolute Gasteiger partial charge is 0.259 e. The lowest BCUT2D eigenvalue weighted by molar-refractivity contribution is 0.412. The Morgan fingerprint density at radius 2 is 2.06 bits per heavy atom. The Morgan fingerprint density at radius 1 is 1.28 bits per heavy atom. The maximum absolute atomic E-state index is 13.8. The summed E-state index contributed by atoms with van der Waals surface area (Å²) in [5.74, 6) is -0.895. The number of aromatic nitrogens is 2. The van der Waals surface area contributed by atoms with Crippen molar-refractivity contribution in [2.75, 3.05) is 0 Å². The zero-order valence-corrected chi connectivity index (χ0v) is 11.0. The van der Waals surface area contributed by atoms with Crippen molar-refractivity contribution >= 4 is 15.9 Å². The topological polar surface area (TPSA) is 35.0 Å². The third-order valence-electron chi connectivity index (χ3n) is 2.27. The second kappa shape index (κ2) is 5.39. The Morgan fingerprint density at radius 3 is 2.72 bits per heavy atom. The van der Waals surface area contributed by atoms with Crippen LogP contribution in [0, 0.1) is 11.6 Å². The molecule has 6 heteroatoms. The summed E-state index contributed by atoms with van der Waals surface area (Å²) < 4.78 is 32.4. The van der Waals surface area contributed by atoms with Crippen LogP contribution in [0.3, 0.4) is 0 Å². The third-order valence-corrected chi connectivity index (χ3v) is 2.88. The Bertz CT molecular complexity index is 578. The molecule has 0 fully saturated rings. The maximum Gasteiger partial charge on any atom is 0.259 e. The van der Waals surface area contributed by atoms with Gasteiger partial charge in [0, 0.05) is 0 Å². The molecular formula is C12H9BrF2N2O. The first-order valence-corrected chi connectivity index (χ1v) is 6.03. The highest BCUT2D eigenvalue weighted by Gasteiger charge is 2.13. The molecule has 0 aliphatic rings. The molecule has 0 spiro atoms. The quantitative estimate of drug-likeness (QED) is 0.862. The van der Waals surface area contributed by atoms with Gasteiger partial charge in [-0.05, 0) is 40.5 Å². The van der Waals surface area contributed by atoms with Gasteiger partial charge >= 0.3 is 0 Å². The average Bonchev–Trinajstić information content (AvgIpc) is 2.35. The van der Waals surface area contributed by atoms with Crippen LogP contribution in [0.1, 0.15) is 12.6 Å². The first kappa shape index (κ1) is 12.9. The van der Waals surface area contributed by atoms with Gasteiger partial charge in [-0.1, -0.05) is 6.92 Å². The number of benzene rings is 1. The molecule has 0 saturated heterocycles. The van der Waals surface area contributed by atoms with Crippen LogP contribution in [0.15, 0.2) is 29.0 Å². The number of hydrogen-bond acceptors (Lipinski definition) is 3. The molecule has 94 valence electrons. The minimum atomic E-state index is -0.601. The van der Waals surface area contributed by atoms with E-state index in [4.69, 9.17) is 4.74 Å². The Labute approximate surface area is 111 Å². The predicted molar refractivity (Wildman–Crippen MR) is 65.5 cm³/mol. The molecule has 0 N–H and O–H groups in total. The standard InChI is InChI=1S/C12H9BrF2N2O/c1-2-9-11(15)12(17-6-16-9)18-10-4-3-7(14)5-8(10)13/h3-6H,2H2,1H3. The van der Waals surface area contributed by atoms with E-state index in [0.29, 0.717) is 10.9 Å². The van der Waals surface area contributed by atoms with Gasteiger partial charge in [0.05, 0.1) is 10.2 Å². The van der Waals surface area contributed by atoms with Crippen molar-refractivity contribution in [2.24, 2.45) is 0 Å². The van der Waals surface area contributed by atoms with E-state index in [9.17, 15) is 8.78 Å². The fourth-order valence-corrected chi connectivity index (χ4v) is 1.80. The molecule has 18 heavy (non-hydrogen) atoms. The number of hydrogen-bond donors (Lipinski definition) is 0. The van der Waals surface area contributed by atoms with E-state index in [1.807, 2.05) is 0 Å². The predicted octanol–water partition coefficient (Wildman–Crippen LogP) is 3.87. The van der Waals surface area contributed by atoms with Crippen molar-refractivity contribution in [1.82, 2.24) is 9.97 Å². The van der Waals surface area contributed by atoms with E-state index >= 15 is 0 Å². The van der Waals surface area contributed by atoms with Gasteiger partial charge in [-0.15, -0.1) is 0 Å². The van der Waals surface area contributed by atoms with E-state index in [2.05, 4.69) is 25.9 Å². The highest BCUT2D eigenvalue weighted by atomic mass is 79.9. The molecule has 0 saturated carbocycles. The van der Waals surface area contributed by atoms with Crippen molar-refractivity contribution in [1.29, 1.82) is 0 Å². The third kappa shape index (κ3) is 2.64. The summed E-state index contributed by atoms with van der Waals surface area (Å²) in [5.41, 5.74) is 0.276. The van der Waals surface area contributed by atoms with Crippen LogP contribution in [0.4, 0.5) is 8.78 Å². The van der Waals surface area contributed by atoms with Gasteiger partial charge in [0.2, 0.25) is 5.82 Å². The summed E-state index contributed by atoms with van der Waals surface area (Å²) in [6, 6.07) is 3.85. The van der Waals surface area contributed by atoms with Crippen molar-refractivity contribution in [2.45, 2.75) is 13.3 Å². The van der Waals surface area contributed by atoms with E-state index in [1.165, 1.54) is 24.5 Å². The molecule has 0 radical (unpaired) electrons. The van der Waals surface area contributed by atoms with Gasteiger partial charge in [-0.2, -0.15) is 9.37 Å². The summed E-state index contributed by atoms with van der Waals surface area (Å²) in [7, 11) is 0. The summed E-state index contributed by atoms with van der Waals surface area (Å²) >= 11 is 3.13. The van der Waals surface area contributed by atoms with E-state index in [0.717, 1.165) is 0 Å². The monoisotopic (exact) mass is 314 g/mol. The first-order valence-electron chi connectivity index (χ1n) is 5.24.